The first-order chi connectivity index (χ1) is 19.1. The summed E-state index contributed by atoms with van der Waals surface area (Å²) in [6.45, 7) is 5.40. The summed E-state index contributed by atoms with van der Waals surface area (Å²) in [6.07, 6.45) is 30.2. The van der Waals surface area contributed by atoms with Gasteiger partial charge in [-0.1, -0.05) is 142 Å². The Morgan fingerprint density at radius 2 is 1.03 bits per heavy atom. The maximum atomic E-state index is 12.5. The molecule has 0 spiro atoms. The van der Waals surface area contributed by atoms with E-state index in [2.05, 4.69) is 19.2 Å². The minimum atomic E-state index is -0.302. The Bertz CT molecular complexity index is 525. The van der Waals surface area contributed by atoms with Crippen LogP contribution in [-0.4, -0.2) is 36.2 Å². The second-order valence-electron chi connectivity index (χ2n) is 11.7. The van der Waals surface area contributed by atoms with E-state index in [0.717, 1.165) is 57.8 Å². The van der Waals surface area contributed by atoms with Crippen molar-refractivity contribution >= 4 is 11.9 Å². The molecule has 0 aliphatic carbocycles. The van der Waals surface area contributed by atoms with Gasteiger partial charge in [-0.2, -0.15) is 0 Å². The molecule has 1 atom stereocenters. The van der Waals surface area contributed by atoms with Gasteiger partial charge in [0.05, 0.1) is 6.42 Å². The van der Waals surface area contributed by atoms with Gasteiger partial charge in [-0.3, -0.25) is 9.59 Å². The summed E-state index contributed by atoms with van der Waals surface area (Å²) >= 11 is 0. The van der Waals surface area contributed by atoms with Crippen molar-refractivity contribution in [3.8, 4) is 0 Å². The van der Waals surface area contributed by atoms with E-state index >= 15 is 0 Å². The zero-order valence-corrected chi connectivity index (χ0v) is 26.3. The summed E-state index contributed by atoms with van der Waals surface area (Å²) in [7, 11) is 0. The Labute approximate surface area is 243 Å². The molecule has 0 bridgehead atoms. The molecule has 0 aromatic carbocycles. The van der Waals surface area contributed by atoms with Crippen molar-refractivity contribution in [2.45, 2.75) is 193 Å². The van der Waals surface area contributed by atoms with Crippen molar-refractivity contribution in [1.82, 2.24) is 5.32 Å². The van der Waals surface area contributed by atoms with E-state index in [4.69, 9.17) is 9.84 Å². The Morgan fingerprint density at radius 3 is 1.54 bits per heavy atom. The number of ether oxygens (including phenoxy) is 1. The van der Waals surface area contributed by atoms with Gasteiger partial charge in [0.15, 0.2) is 0 Å². The lowest BCUT2D eigenvalue weighted by molar-refractivity contribution is -0.151. The largest absolute Gasteiger partial charge is 0.462 e. The molecule has 5 heteroatoms. The molecule has 2 N–H and O–H groups in total. The molecule has 0 radical (unpaired) electrons. The lowest BCUT2D eigenvalue weighted by Gasteiger charge is -2.18. The Balaban J connectivity index is 4.16. The molecule has 0 rings (SSSR count). The Morgan fingerprint density at radius 1 is 0.590 bits per heavy atom. The van der Waals surface area contributed by atoms with Gasteiger partial charge in [0.1, 0.15) is 6.10 Å². The highest BCUT2D eigenvalue weighted by Crippen LogP contribution is 2.16. The van der Waals surface area contributed by atoms with E-state index in [1.54, 1.807) is 0 Å². The van der Waals surface area contributed by atoms with E-state index in [-0.39, 0.29) is 31.0 Å². The van der Waals surface area contributed by atoms with Gasteiger partial charge in [-0.05, 0) is 32.1 Å². The van der Waals surface area contributed by atoms with Crippen LogP contribution >= 0.6 is 0 Å². The summed E-state index contributed by atoms with van der Waals surface area (Å²) in [4.78, 5) is 25.0. The number of unbranched alkanes of at least 4 members (excludes halogenated alkanes) is 21. The third-order valence-electron chi connectivity index (χ3n) is 7.73. The molecule has 0 aliphatic heterocycles. The number of rotatable bonds is 31. The van der Waals surface area contributed by atoms with Crippen LogP contribution in [0.3, 0.4) is 0 Å². The van der Waals surface area contributed by atoms with Crippen molar-refractivity contribution in [1.29, 1.82) is 0 Å². The van der Waals surface area contributed by atoms with Crippen LogP contribution < -0.4 is 5.32 Å². The predicted molar refractivity (Wildman–Crippen MR) is 166 cm³/mol. The van der Waals surface area contributed by atoms with Crippen molar-refractivity contribution in [3.05, 3.63) is 0 Å². The zero-order chi connectivity index (χ0) is 28.7. The lowest BCUT2D eigenvalue weighted by atomic mass is 10.0. The van der Waals surface area contributed by atoms with Crippen LogP contribution in [0.5, 0.6) is 0 Å². The van der Waals surface area contributed by atoms with Crippen LogP contribution in [0.25, 0.3) is 0 Å². The number of hydrogen-bond acceptors (Lipinski definition) is 4. The minimum absolute atomic E-state index is 0.0134. The average molecular weight is 554 g/mol. The first kappa shape index (κ1) is 37.9. The number of aliphatic hydroxyl groups is 1. The first-order valence-corrected chi connectivity index (χ1v) is 17.2. The van der Waals surface area contributed by atoms with Crippen LogP contribution in [0.4, 0.5) is 0 Å². The summed E-state index contributed by atoms with van der Waals surface area (Å²) in [5.41, 5.74) is 0. The maximum Gasteiger partial charge on any atom is 0.306 e. The Hall–Kier alpha value is -1.10. The number of hydrogen-bond donors (Lipinski definition) is 2. The highest BCUT2D eigenvalue weighted by molar-refractivity contribution is 5.77. The van der Waals surface area contributed by atoms with Gasteiger partial charge >= 0.3 is 5.97 Å². The lowest BCUT2D eigenvalue weighted by Crippen LogP contribution is -2.30. The summed E-state index contributed by atoms with van der Waals surface area (Å²) in [6, 6.07) is 0. The second kappa shape index (κ2) is 31.4. The second-order valence-corrected chi connectivity index (χ2v) is 11.7. The molecule has 0 heterocycles. The molecule has 0 unspecified atom stereocenters. The van der Waals surface area contributed by atoms with E-state index < -0.39 is 0 Å². The number of amides is 1. The van der Waals surface area contributed by atoms with Crippen LogP contribution in [0.2, 0.25) is 0 Å². The molecular formula is C34H67NO4. The van der Waals surface area contributed by atoms with Crippen molar-refractivity contribution in [2.24, 2.45) is 0 Å². The van der Waals surface area contributed by atoms with E-state index in [9.17, 15) is 9.59 Å². The normalized spacial score (nSPS) is 12.0. The molecule has 1 amide bonds. The quantitative estimate of drug-likeness (QED) is 0.0662. The smallest absolute Gasteiger partial charge is 0.306 e. The van der Waals surface area contributed by atoms with Crippen molar-refractivity contribution < 1.29 is 19.4 Å². The monoisotopic (exact) mass is 554 g/mol. The van der Waals surface area contributed by atoms with Gasteiger partial charge in [-0.25, -0.2) is 0 Å². The van der Waals surface area contributed by atoms with E-state index in [1.165, 1.54) is 103 Å². The molecule has 0 saturated heterocycles. The SMILES string of the molecule is CCCCCCCCCCCCCC(=O)O[C@H](CCCCCCCCCCC)CC(=O)NCCCCCCO. The van der Waals surface area contributed by atoms with Crippen molar-refractivity contribution in [2.75, 3.05) is 13.2 Å². The minimum Gasteiger partial charge on any atom is -0.462 e. The number of carbonyl (C=O) groups excluding carboxylic acids is 2. The number of nitrogens with one attached hydrogen (secondary N) is 1. The van der Waals surface area contributed by atoms with Gasteiger partial charge < -0.3 is 15.2 Å². The van der Waals surface area contributed by atoms with Gasteiger partial charge in [0.2, 0.25) is 5.91 Å². The molecule has 0 aromatic heterocycles. The highest BCUT2D eigenvalue weighted by Gasteiger charge is 2.18. The van der Waals surface area contributed by atoms with Crippen LogP contribution in [-0.2, 0) is 14.3 Å². The zero-order valence-electron chi connectivity index (χ0n) is 26.3. The fourth-order valence-corrected chi connectivity index (χ4v) is 5.16. The predicted octanol–water partition coefficient (Wildman–Crippen LogP) is 9.58. The van der Waals surface area contributed by atoms with Gasteiger partial charge in [-0.15, -0.1) is 0 Å². The third kappa shape index (κ3) is 29.7. The van der Waals surface area contributed by atoms with Gasteiger partial charge in [0, 0.05) is 19.6 Å². The van der Waals surface area contributed by atoms with Crippen LogP contribution in [0.15, 0.2) is 0 Å². The molecular weight excluding hydrogens is 486 g/mol. The maximum absolute atomic E-state index is 12.5. The van der Waals surface area contributed by atoms with E-state index in [0.29, 0.717) is 13.0 Å². The molecule has 39 heavy (non-hydrogen) atoms. The number of carbonyl (C=O) groups is 2. The Kier molecular flexibility index (Phi) is 30.5. The summed E-state index contributed by atoms with van der Waals surface area (Å²) in [5.74, 6) is -0.149. The first-order valence-electron chi connectivity index (χ1n) is 17.2. The molecule has 0 aliphatic rings. The summed E-state index contributed by atoms with van der Waals surface area (Å²) < 4.78 is 5.82. The molecule has 5 nitrogen and oxygen atoms in total. The van der Waals surface area contributed by atoms with Gasteiger partial charge in [0.25, 0.3) is 0 Å². The van der Waals surface area contributed by atoms with E-state index in [1.807, 2.05) is 0 Å². The molecule has 0 saturated carbocycles. The summed E-state index contributed by atoms with van der Waals surface area (Å²) in [5, 5.41) is 11.9. The van der Waals surface area contributed by atoms with Crippen LogP contribution in [0.1, 0.15) is 187 Å². The molecule has 232 valence electrons. The number of esters is 1. The molecule has 0 fully saturated rings. The average Bonchev–Trinajstić information content (AvgIpc) is 2.92. The number of aliphatic hydroxyl groups excluding tert-OH is 1. The van der Waals surface area contributed by atoms with Crippen LogP contribution in [0, 0.1) is 0 Å². The fraction of sp³-hybridized carbons (Fsp3) is 0.941. The van der Waals surface area contributed by atoms with Crippen molar-refractivity contribution in [3.63, 3.8) is 0 Å². The fourth-order valence-electron chi connectivity index (χ4n) is 5.16. The third-order valence-corrected chi connectivity index (χ3v) is 7.73. The standard InChI is InChI=1S/C34H67NO4/c1-3-5-7-9-11-13-14-16-18-20-24-28-34(38)39-32(27-23-19-17-15-12-10-8-6-4-2)31-33(37)35-29-25-21-22-26-30-36/h32,36H,3-31H2,1-2H3,(H,35,37)/t32-/m1/s1. The topological polar surface area (TPSA) is 75.6 Å². The molecule has 0 aromatic rings. The highest BCUT2D eigenvalue weighted by atomic mass is 16.5.